The number of nitrogens with one attached hydrogen (secondary N) is 1. The molecule has 2 aromatic carbocycles. The van der Waals surface area contributed by atoms with E-state index in [0.29, 0.717) is 16.4 Å². The largest absolute Gasteiger partial charge is 0.416 e. The fraction of sp³-hybridized carbons (Fsp3) is 0.0588. The molecule has 0 spiro atoms. The van der Waals surface area contributed by atoms with Crippen molar-refractivity contribution >= 4 is 27.4 Å². The zero-order valence-corrected chi connectivity index (χ0v) is 13.4. The summed E-state index contributed by atoms with van der Waals surface area (Å²) < 4.78 is 39.0. The molecule has 0 aliphatic heterocycles. The number of thiazole rings is 1. The normalized spacial score (nSPS) is 12.0. The Labute approximate surface area is 144 Å². The van der Waals surface area contributed by atoms with Crippen molar-refractivity contribution in [1.29, 1.82) is 0 Å². The van der Waals surface area contributed by atoms with Crippen molar-refractivity contribution in [2.24, 2.45) is 0 Å². The highest BCUT2D eigenvalue weighted by atomic mass is 32.1. The molecule has 0 fully saturated rings. The van der Waals surface area contributed by atoms with Crippen LogP contribution < -0.4 is 5.73 Å². The second-order valence-electron chi connectivity index (χ2n) is 5.48. The summed E-state index contributed by atoms with van der Waals surface area (Å²) >= 11 is 1.24. The first-order valence-corrected chi connectivity index (χ1v) is 8.11. The maximum atomic E-state index is 13.0. The Morgan fingerprint density at radius 3 is 2.68 bits per heavy atom. The first kappa shape index (κ1) is 15.6. The van der Waals surface area contributed by atoms with E-state index in [1.807, 2.05) is 18.2 Å². The molecular weight excluding hydrogens is 349 g/mol. The minimum Gasteiger partial charge on any atom is -0.375 e. The number of hydrogen-bond acceptors (Lipinski definition) is 4. The highest BCUT2D eigenvalue weighted by Crippen LogP contribution is 2.40. The second kappa shape index (κ2) is 5.59. The van der Waals surface area contributed by atoms with Crippen LogP contribution in [0, 0.1) is 0 Å². The Bertz CT molecular complexity index is 1070. The van der Waals surface area contributed by atoms with Crippen molar-refractivity contribution in [3.05, 3.63) is 54.2 Å². The van der Waals surface area contributed by atoms with Crippen molar-refractivity contribution in [3.8, 4) is 21.7 Å². The van der Waals surface area contributed by atoms with E-state index in [0.717, 1.165) is 33.5 Å². The number of hydrogen-bond donors (Lipinski definition) is 2. The maximum Gasteiger partial charge on any atom is 0.416 e. The average Bonchev–Trinajstić information content (AvgIpc) is 3.19. The summed E-state index contributed by atoms with van der Waals surface area (Å²) in [6, 6.07) is 10.7. The number of aromatic amines is 1. The summed E-state index contributed by atoms with van der Waals surface area (Å²) in [6.07, 6.45) is -2.72. The smallest absolute Gasteiger partial charge is 0.375 e. The van der Waals surface area contributed by atoms with Crippen molar-refractivity contribution in [3.63, 3.8) is 0 Å². The van der Waals surface area contributed by atoms with Gasteiger partial charge in [0.1, 0.15) is 0 Å². The number of alkyl halides is 3. The molecule has 25 heavy (non-hydrogen) atoms. The standard InChI is InChI=1S/C17H11F3N4S/c18-17(19,20)12-3-1-2-9(7-12)14-15(25-16(21)23-14)10-4-5-13-11(6-10)8-22-24-13/h1-8H,(H2,21,23)(H,22,24). The summed E-state index contributed by atoms with van der Waals surface area (Å²) in [5, 5.41) is 8.04. The Hall–Kier alpha value is -2.87. The van der Waals surface area contributed by atoms with E-state index in [1.165, 1.54) is 17.4 Å². The molecule has 2 aromatic heterocycles. The first-order valence-electron chi connectivity index (χ1n) is 7.29. The predicted octanol–water partition coefficient (Wildman–Crippen LogP) is 4.95. The molecule has 126 valence electrons. The second-order valence-corrected chi connectivity index (χ2v) is 6.51. The molecule has 0 radical (unpaired) electrons. The van der Waals surface area contributed by atoms with E-state index >= 15 is 0 Å². The van der Waals surface area contributed by atoms with Gasteiger partial charge in [0, 0.05) is 10.9 Å². The first-order chi connectivity index (χ1) is 11.9. The number of nitrogens with two attached hydrogens (primary N) is 1. The monoisotopic (exact) mass is 360 g/mol. The molecule has 8 heteroatoms. The van der Waals surface area contributed by atoms with Crippen LogP contribution in [-0.2, 0) is 6.18 Å². The summed E-state index contributed by atoms with van der Waals surface area (Å²) in [7, 11) is 0. The molecule has 0 amide bonds. The third-order valence-electron chi connectivity index (χ3n) is 3.81. The number of H-pyrrole nitrogens is 1. The van der Waals surface area contributed by atoms with E-state index in [1.54, 1.807) is 12.3 Å². The van der Waals surface area contributed by atoms with Crippen molar-refractivity contribution in [2.45, 2.75) is 6.18 Å². The van der Waals surface area contributed by atoms with E-state index in [2.05, 4.69) is 15.2 Å². The van der Waals surface area contributed by atoms with Crippen LogP contribution in [0.2, 0.25) is 0 Å². The minimum absolute atomic E-state index is 0.301. The highest BCUT2D eigenvalue weighted by molar-refractivity contribution is 7.19. The summed E-state index contributed by atoms with van der Waals surface area (Å²) in [4.78, 5) is 4.98. The Morgan fingerprint density at radius 2 is 1.88 bits per heavy atom. The van der Waals surface area contributed by atoms with Crippen LogP contribution in [0.4, 0.5) is 18.3 Å². The number of benzene rings is 2. The SMILES string of the molecule is Nc1nc(-c2cccc(C(F)(F)F)c2)c(-c2ccc3[nH]ncc3c2)s1. The van der Waals surface area contributed by atoms with Gasteiger partial charge in [-0.1, -0.05) is 29.5 Å². The van der Waals surface area contributed by atoms with Gasteiger partial charge < -0.3 is 5.73 Å². The molecular formula is C17H11F3N4S. The minimum atomic E-state index is -4.41. The van der Waals surface area contributed by atoms with E-state index < -0.39 is 11.7 Å². The summed E-state index contributed by atoms with van der Waals surface area (Å²) in [5.74, 6) is 0. The Morgan fingerprint density at radius 1 is 1.04 bits per heavy atom. The fourth-order valence-corrected chi connectivity index (χ4v) is 3.51. The summed E-state index contributed by atoms with van der Waals surface area (Å²) in [5.41, 5.74) is 7.65. The van der Waals surface area contributed by atoms with E-state index in [-0.39, 0.29) is 0 Å². The molecule has 0 saturated heterocycles. The fourth-order valence-electron chi connectivity index (χ4n) is 2.65. The quantitative estimate of drug-likeness (QED) is 0.531. The van der Waals surface area contributed by atoms with Gasteiger partial charge in [-0.05, 0) is 29.8 Å². The third-order valence-corrected chi connectivity index (χ3v) is 4.74. The lowest BCUT2D eigenvalue weighted by atomic mass is 10.0. The van der Waals surface area contributed by atoms with E-state index in [9.17, 15) is 13.2 Å². The van der Waals surface area contributed by atoms with Crippen LogP contribution in [0.1, 0.15) is 5.56 Å². The van der Waals surface area contributed by atoms with Gasteiger partial charge in [0.15, 0.2) is 5.13 Å². The number of nitrogen functional groups attached to an aromatic ring is 1. The highest BCUT2D eigenvalue weighted by Gasteiger charge is 2.31. The van der Waals surface area contributed by atoms with Gasteiger partial charge in [0.25, 0.3) is 0 Å². The molecule has 2 heterocycles. The van der Waals surface area contributed by atoms with Gasteiger partial charge in [-0.2, -0.15) is 18.3 Å². The average molecular weight is 360 g/mol. The number of aromatic nitrogens is 3. The van der Waals surface area contributed by atoms with Crippen LogP contribution >= 0.6 is 11.3 Å². The van der Waals surface area contributed by atoms with Gasteiger partial charge in [0.2, 0.25) is 0 Å². The number of fused-ring (bicyclic) bond motifs is 1. The lowest BCUT2D eigenvalue weighted by Crippen LogP contribution is -2.04. The molecule has 0 aliphatic carbocycles. The number of nitrogens with zero attached hydrogens (tertiary/aromatic N) is 2. The van der Waals surface area contributed by atoms with Gasteiger partial charge >= 0.3 is 6.18 Å². The molecule has 4 rings (SSSR count). The molecule has 4 nitrogen and oxygen atoms in total. The van der Waals surface area contributed by atoms with Crippen LogP contribution in [0.25, 0.3) is 32.6 Å². The zero-order chi connectivity index (χ0) is 17.6. The van der Waals surface area contributed by atoms with Crippen LogP contribution in [-0.4, -0.2) is 15.2 Å². The van der Waals surface area contributed by atoms with Crippen LogP contribution in [0.5, 0.6) is 0 Å². The molecule has 3 N–H and O–H groups in total. The maximum absolute atomic E-state index is 13.0. The summed E-state index contributed by atoms with van der Waals surface area (Å²) in [6.45, 7) is 0. The van der Waals surface area contributed by atoms with Crippen molar-refractivity contribution in [1.82, 2.24) is 15.2 Å². The lowest BCUT2D eigenvalue weighted by Gasteiger charge is -2.09. The molecule has 0 unspecified atom stereocenters. The zero-order valence-electron chi connectivity index (χ0n) is 12.6. The topological polar surface area (TPSA) is 67.6 Å². The van der Waals surface area contributed by atoms with Crippen molar-refractivity contribution in [2.75, 3.05) is 5.73 Å². The molecule has 0 saturated carbocycles. The number of anilines is 1. The van der Waals surface area contributed by atoms with Gasteiger partial charge in [0.05, 0.1) is 27.8 Å². The Balaban J connectivity index is 1.87. The number of rotatable bonds is 2. The lowest BCUT2D eigenvalue weighted by molar-refractivity contribution is -0.137. The third kappa shape index (κ3) is 2.85. The molecule has 0 bridgehead atoms. The van der Waals surface area contributed by atoms with Crippen LogP contribution in [0.3, 0.4) is 0 Å². The molecule has 0 atom stereocenters. The van der Waals surface area contributed by atoms with E-state index in [4.69, 9.17) is 5.73 Å². The number of halogens is 3. The predicted molar refractivity (Wildman–Crippen MR) is 92.1 cm³/mol. The molecule has 0 aliphatic rings. The van der Waals surface area contributed by atoms with Crippen LogP contribution in [0.15, 0.2) is 48.7 Å². The molecule has 4 aromatic rings. The Kier molecular flexibility index (Phi) is 3.50. The van der Waals surface area contributed by atoms with Gasteiger partial charge in [-0.25, -0.2) is 4.98 Å². The van der Waals surface area contributed by atoms with Crippen molar-refractivity contribution < 1.29 is 13.2 Å². The van der Waals surface area contributed by atoms with Gasteiger partial charge in [-0.15, -0.1) is 0 Å². The van der Waals surface area contributed by atoms with Gasteiger partial charge in [-0.3, -0.25) is 5.10 Å².